The third-order valence-electron chi connectivity index (χ3n) is 8.05. The molecule has 0 bridgehead atoms. The summed E-state index contributed by atoms with van der Waals surface area (Å²) in [5.41, 5.74) is 0.252. The normalized spacial score (nSPS) is 32.3. The van der Waals surface area contributed by atoms with Crippen LogP contribution in [0.3, 0.4) is 0 Å². The molecule has 0 N–H and O–H groups in total. The predicted octanol–water partition coefficient (Wildman–Crippen LogP) is 5.17. The number of carbonyl (C=O) groups is 5. The Balaban J connectivity index is 2.31. The van der Waals surface area contributed by atoms with E-state index in [0.29, 0.717) is 11.1 Å². The molecule has 0 saturated heterocycles. The van der Waals surface area contributed by atoms with E-state index in [4.69, 9.17) is 18.9 Å². The maximum atomic E-state index is 13.8. The van der Waals surface area contributed by atoms with Crippen LogP contribution in [0, 0.1) is 23.7 Å². The molecule has 1 aromatic rings. The van der Waals surface area contributed by atoms with Crippen LogP contribution in [-0.2, 0) is 38.1 Å². The van der Waals surface area contributed by atoms with E-state index < -0.39 is 65.5 Å². The Kier molecular flexibility index (Phi) is 10.5. The van der Waals surface area contributed by atoms with Gasteiger partial charge in [0.1, 0.15) is 24.1 Å². The largest absolute Gasteiger partial charge is 0.458 e. The van der Waals surface area contributed by atoms with Crippen molar-refractivity contribution in [3.8, 4) is 0 Å². The first-order valence-electron chi connectivity index (χ1n) is 14.3. The number of ether oxygens (including phenoxy) is 4. The SMILES string of the molecule is CC(=O)O[C@@H]1[C@@H](C)[C@H](C=C(C)C)C(=O)C[C@@H](OC(C)=O)/C(C)=C/[C@H]2[C@@H](OC(=O)c3ccccc3)[C@H](C)C[C@]12OC(C)=O. The molecule has 1 aromatic carbocycles. The Morgan fingerprint density at radius 2 is 1.50 bits per heavy atom. The van der Waals surface area contributed by atoms with Gasteiger partial charge >= 0.3 is 23.9 Å². The lowest BCUT2D eigenvalue weighted by molar-refractivity contribution is -0.200. The van der Waals surface area contributed by atoms with Crippen molar-refractivity contribution in [2.75, 3.05) is 0 Å². The van der Waals surface area contributed by atoms with Gasteiger partial charge in [0.15, 0.2) is 5.60 Å². The van der Waals surface area contributed by atoms with Crippen molar-refractivity contribution in [3.63, 3.8) is 0 Å². The molecule has 0 spiro atoms. The molecule has 0 radical (unpaired) electrons. The van der Waals surface area contributed by atoms with Crippen molar-refractivity contribution in [1.29, 1.82) is 0 Å². The van der Waals surface area contributed by atoms with Gasteiger partial charge in [-0.3, -0.25) is 19.2 Å². The van der Waals surface area contributed by atoms with Crippen molar-refractivity contribution in [3.05, 3.63) is 59.2 Å². The van der Waals surface area contributed by atoms with Gasteiger partial charge in [0.25, 0.3) is 0 Å². The molecule has 9 heteroatoms. The summed E-state index contributed by atoms with van der Waals surface area (Å²) in [6, 6.07) is 8.54. The zero-order valence-electron chi connectivity index (χ0n) is 25.7. The second kappa shape index (κ2) is 13.5. The summed E-state index contributed by atoms with van der Waals surface area (Å²) in [6.45, 7) is 12.9. The second-order valence-corrected chi connectivity index (χ2v) is 11.8. The standard InChI is InChI=1S/C33H42O9/c1-18(2)14-26-21(5)31(40-23(7)35)33(42-24(8)36)17-20(4)30(41-32(38)25-12-10-9-11-13-25)27(33)15-19(3)29(16-28(26)37)39-22(6)34/h9-15,20-21,26-27,29-31H,16-17H2,1-8H3/b19-15+/t20-,21+,26+,27+,29-,30+,31-,33-/m1/s1. The van der Waals surface area contributed by atoms with Crippen LogP contribution in [-0.4, -0.2) is 53.6 Å². The van der Waals surface area contributed by atoms with Crippen LogP contribution in [0.1, 0.15) is 78.6 Å². The van der Waals surface area contributed by atoms with Crippen molar-refractivity contribution in [2.24, 2.45) is 23.7 Å². The van der Waals surface area contributed by atoms with E-state index in [1.54, 1.807) is 56.3 Å². The molecule has 8 atom stereocenters. The fourth-order valence-corrected chi connectivity index (χ4v) is 6.44. The monoisotopic (exact) mass is 582 g/mol. The van der Waals surface area contributed by atoms with Crippen LogP contribution < -0.4 is 0 Å². The molecule has 0 aliphatic heterocycles. The molecule has 9 nitrogen and oxygen atoms in total. The van der Waals surface area contributed by atoms with Gasteiger partial charge in [-0.05, 0) is 50.8 Å². The van der Waals surface area contributed by atoms with Crippen LogP contribution in [0.5, 0.6) is 0 Å². The molecule has 0 heterocycles. The highest BCUT2D eigenvalue weighted by molar-refractivity contribution is 5.89. The summed E-state index contributed by atoms with van der Waals surface area (Å²) in [4.78, 5) is 64.6. The van der Waals surface area contributed by atoms with E-state index in [0.717, 1.165) is 5.57 Å². The maximum absolute atomic E-state index is 13.8. The van der Waals surface area contributed by atoms with Crippen molar-refractivity contribution >= 4 is 29.7 Å². The van der Waals surface area contributed by atoms with E-state index in [-0.39, 0.29) is 24.5 Å². The van der Waals surface area contributed by atoms with Gasteiger partial charge in [0, 0.05) is 39.0 Å². The first-order chi connectivity index (χ1) is 19.7. The summed E-state index contributed by atoms with van der Waals surface area (Å²) < 4.78 is 23.9. The van der Waals surface area contributed by atoms with Crippen molar-refractivity contribution in [2.45, 2.75) is 92.1 Å². The van der Waals surface area contributed by atoms with Crippen LogP contribution in [0.2, 0.25) is 0 Å². The van der Waals surface area contributed by atoms with Crippen LogP contribution in [0.15, 0.2) is 53.6 Å². The lowest BCUT2D eigenvalue weighted by Gasteiger charge is -2.45. The number of benzene rings is 1. The highest BCUT2D eigenvalue weighted by atomic mass is 16.6. The predicted molar refractivity (Wildman–Crippen MR) is 154 cm³/mol. The fourth-order valence-electron chi connectivity index (χ4n) is 6.44. The number of Topliss-reactive ketones (excluding diaryl/α,β-unsaturated/α-hetero) is 1. The Morgan fingerprint density at radius 1 is 0.881 bits per heavy atom. The van der Waals surface area contributed by atoms with Gasteiger partial charge in [-0.25, -0.2) is 4.79 Å². The molecule has 0 aromatic heterocycles. The number of fused-ring (bicyclic) bond motifs is 1. The number of hydrogen-bond donors (Lipinski definition) is 0. The van der Waals surface area contributed by atoms with Crippen LogP contribution in [0.25, 0.3) is 0 Å². The lowest BCUT2D eigenvalue weighted by atomic mass is 9.71. The molecule has 2 aliphatic rings. The molecular weight excluding hydrogens is 540 g/mol. The Hall–Kier alpha value is -3.75. The summed E-state index contributed by atoms with van der Waals surface area (Å²) in [7, 11) is 0. The summed E-state index contributed by atoms with van der Waals surface area (Å²) in [5, 5.41) is 0. The fraction of sp³-hybridized carbons (Fsp3) is 0.545. The van der Waals surface area contributed by atoms with Gasteiger partial charge in [-0.2, -0.15) is 0 Å². The first kappa shape index (κ1) is 32.8. The molecule has 0 amide bonds. The number of hydrogen-bond acceptors (Lipinski definition) is 9. The van der Waals surface area contributed by atoms with Crippen LogP contribution in [0.4, 0.5) is 0 Å². The summed E-state index contributed by atoms with van der Waals surface area (Å²) in [6.07, 6.45) is 0.876. The van der Waals surface area contributed by atoms with Gasteiger partial charge < -0.3 is 18.9 Å². The minimum absolute atomic E-state index is 0.106. The zero-order chi connectivity index (χ0) is 31.4. The average Bonchev–Trinajstić information content (AvgIpc) is 3.14. The van der Waals surface area contributed by atoms with Gasteiger partial charge in [0.05, 0.1) is 11.5 Å². The van der Waals surface area contributed by atoms with Crippen molar-refractivity contribution < 1.29 is 42.9 Å². The molecule has 1 fully saturated rings. The van der Waals surface area contributed by atoms with E-state index in [1.165, 1.54) is 20.8 Å². The Morgan fingerprint density at radius 3 is 2.05 bits per heavy atom. The first-order valence-corrected chi connectivity index (χ1v) is 14.3. The maximum Gasteiger partial charge on any atom is 0.338 e. The van der Waals surface area contributed by atoms with Crippen LogP contribution >= 0.6 is 0 Å². The Bertz CT molecular complexity index is 1260. The second-order valence-electron chi connectivity index (χ2n) is 11.8. The lowest BCUT2D eigenvalue weighted by Crippen LogP contribution is -2.57. The summed E-state index contributed by atoms with van der Waals surface area (Å²) >= 11 is 0. The number of ketones is 1. The summed E-state index contributed by atoms with van der Waals surface area (Å²) in [5.74, 6) is -5.09. The van der Waals surface area contributed by atoms with E-state index in [1.807, 2.05) is 20.8 Å². The van der Waals surface area contributed by atoms with Gasteiger partial charge in [0.2, 0.25) is 0 Å². The average molecular weight is 583 g/mol. The molecule has 42 heavy (non-hydrogen) atoms. The topological polar surface area (TPSA) is 122 Å². The molecular formula is C33H42O9. The number of esters is 4. The van der Waals surface area contributed by atoms with E-state index in [9.17, 15) is 24.0 Å². The van der Waals surface area contributed by atoms with E-state index >= 15 is 0 Å². The molecule has 3 rings (SSSR count). The molecule has 0 unspecified atom stereocenters. The zero-order valence-corrected chi connectivity index (χ0v) is 25.7. The number of rotatable bonds is 6. The molecule has 1 saturated carbocycles. The third kappa shape index (κ3) is 7.36. The van der Waals surface area contributed by atoms with E-state index in [2.05, 4.69) is 0 Å². The number of allylic oxidation sites excluding steroid dienone is 2. The molecule has 2 aliphatic carbocycles. The quantitative estimate of drug-likeness (QED) is 0.254. The third-order valence-corrected chi connectivity index (χ3v) is 8.05. The highest BCUT2D eigenvalue weighted by Crippen LogP contribution is 2.52. The number of carbonyl (C=O) groups excluding carboxylic acids is 5. The molecule has 228 valence electrons. The van der Waals surface area contributed by atoms with Gasteiger partial charge in [-0.15, -0.1) is 0 Å². The van der Waals surface area contributed by atoms with Crippen molar-refractivity contribution in [1.82, 2.24) is 0 Å². The highest BCUT2D eigenvalue weighted by Gasteiger charge is 2.63. The Labute approximate surface area is 247 Å². The minimum Gasteiger partial charge on any atom is -0.458 e. The smallest absolute Gasteiger partial charge is 0.338 e. The minimum atomic E-state index is -1.49. The van der Waals surface area contributed by atoms with Gasteiger partial charge in [-0.1, -0.05) is 49.8 Å².